The average Bonchev–Trinajstić information content (AvgIpc) is 3.19. The molecule has 2 atom stereocenters. The van der Waals surface area contributed by atoms with Crippen LogP contribution < -0.4 is 20.1 Å². The zero-order valence-corrected chi connectivity index (χ0v) is 19.4. The number of carbonyl (C=O) groups is 1. The Morgan fingerprint density at radius 1 is 1.12 bits per heavy atom. The number of H-pyrrole nitrogens is 1. The van der Waals surface area contributed by atoms with Crippen LogP contribution in [0.2, 0.25) is 5.02 Å². The largest absolute Gasteiger partial charge is 0.493 e. The number of para-hydroxylation sites is 1. The van der Waals surface area contributed by atoms with E-state index in [1.54, 1.807) is 32.5 Å². The van der Waals surface area contributed by atoms with Crippen LogP contribution in [0.1, 0.15) is 34.8 Å². The number of rotatable bonds is 5. The number of aromatic amines is 1. The average molecular weight is 476 g/mol. The molecule has 4 aromatic rings. The van der Waals surface area contributed by atoms with Crippen LogP contribution in [0.4, 0.5) is 11.4 Å². The van der Waals surface area contributed by atoms with Gasteiger partial charge in [-0.3, -0.25) is 9.78 Å². The Labute approximate surface area is 200 Å². The Bertz CT molecular complexity index is 1450. The van der Waals surface area contributed by atoms with Gasteiger partial charge in [-0.05, 0) is 37.1 Å². The van der Waals surface area contributed by atoms with E-state index in [4.69, 9.17) is 21.1 Å². The molecule has 6 rings (SSSR count). The molecule has 1 fully saturated rings. The summed E-state index contributed by atoms with van der Waals surface area (Å²) in [7, 11) is 3.15. The Kier molecular flexibility index (Phi) is 4.84. The summed E-state index contributed by atoms with van der Waals surface area (Å²) in [5.74, 6) is 1.13. The molecule has 4 heterocycles. The van der Waals surface area contributed by atoms with E-state index < -0.39 is 0 Å². The quantitative estimate of drug-likeness (QED) is 0.374. The molecule has 1 aliphatic carbocycles. The third-order valence-corrected chi connectivity index (χ3v) is 6.98. The van der Waals surface area contributed by atoms with Crippen molar-refractivity contribution >= 4 is 39.9 Å². The van der Waals surface area contributed by atoms with Gasteiger partial charge in [0.2, 0.25) is 5.88 Å². The normalized spacial score (nSPS) is 18.5. The number of halogens is 1. The van der Waals surface area contributed by atoms with Gasteiger partial charge in [-0.1, -0.05) is 17.7 Å². The number of nitrogens with one attached hydrogen (secondary N) is 3. The number of amides is 1. The number of benzene rings is 1. The van der Waals surface area contributed by atoms with Gasteiger partial charge in [0.15, 0.2) is 5.75 Å². The summed E-state index contributed by atoms with van der Waals surface area (Å²) in [5.41, 5.74) is 5.81. The van der Waals surface area contributed by atoms with E-state index in [2.05, 4.69) is 25.6 Å². The molecule has 1 amide bonds. The fourth-order valence-electron chi connectivity index (χ4n) is 4.89. The van der Waals surface area contributed by atoms with Crippen molar-refractivity contribution in [1.29, 1.82) is 0 Å². The maximum absolute atomic E-state index is 13.2. The number of pyridine rings is 2. The zero-order chi connectivity index (χ0) is 23.4. The number of methoxy groups -OCH3 is 2. The molecule has 2 aliphatic rings. The highest BCUT2D eigenvalue weighted by atomic mass is 35.5. The molecule has 1 aliphatic heterocycles. The van der Waals surface area contributed by atoms with Crippen LogP contribution in [0.5, 0.6) is 11.6 Å². The van der Waals surface area contributed by atoms with E-state index in [1.807, 2.05) is 24.3 Å². The molecule has 8 nitrogen and oxygen atoms in total. The topological polar surface area (TPSA) is 101 Å². The first-order chi connectivity index (χ1) is 16.6. The van der Waals surface area contributed by atoms with E-state index in [0.717, 1.165) is 35.3 Å². The van der Waals surface area contributed by atoms with Gasteiger partial charge in [-0.15, -0.1) is 0 Å². The molecule has 1 saturated carbocycles. The van der Waals surface area contributed by atoms with Crippen molar-refractivity contribution in [2.24, 2.45) is 0 Å². The molecule has 1 aromatic carbocycles. The summed E-state index contributed by atoms with van der Waals surface area (Å²) in [5, 5.41) is 7.07. The summed E-state index contributed by atoms with van der Waals surface area (Å²) in [6.45, 7) is 0. The summed E-state index contributed by atoms with van der Waals surface area (Å²) in [6.07, 6.45) is 3.73. The predicted molar refractivity (Wildman–Crippen MR) is 130 cm³/mol. The highest BCUT2D eigenvalue weighted by Crippen LogP contribution is 2.48. The van der Waals surface area contributed by atoms with Crippen LogP contribution in [0, 0.1) is 0 Å². The van der Waals surface area contributed by atoms with Crippen molar-refractivity contribution in [2.75, 3.05) is 19.5 Å². The van der Waals surface area contributed by atoms with Crippen molar-refractivity contribution in [2.45, 2.75) is 24.8 Å². The lowest BCUT2D eigenvalue weighted by molar-refractivity contribution is 0.0878. The van der Waals surface area contributed by atoms with Gasteiger partial charge in [0.1, 0.15) is 5.52 Å². The standard InChI is InChI=1S/C25H22ClN5O3/c1-33-18-9-8-16-20(30-18)13(10-11-27-16)22-23(28-17-5-3-4-14(26)24(17)34-2)19-21(31-22)12-6-7-15(12)29-25(19)32/h3-5,8-12,15,28,31H,6-7H2,1-2H3,(H,29,32)/t12-,15+/m0/s1. The lowest BCUT2D eigenvalue weighted by Gasteiger charge is -2.40. The number of carbonyl (C=O) groups excluding carboxylic acids is 1. The van der Waals surface area contributed by atoms with Crippen molar-refractivity contribution in [1.82, 2.24) is 20.3 Å². The maximum atomic E-state index is 13.2. The molecule has 0 saturated heterocycles. The molecular weight excluding hydrogens is 454 g/mol. The third kappa shape index (κ3) is 3.09. The monoisotopic (exact) mass is 475 g/mol. The van der Waals surface area contributed by atoms with Gasteiger partial charge in [-0.25, -0.2) is 4.98 Å². The summed E-state index contributed by atoms with van der Waals surface area (Å²) >= 11 is 6.38. The first kappa shape index (κ1) is 20.8. The van der Waals surface area contributed by atoms with Crippen LogP contribution in [-0.4, -0.2) is 41.1 Å². The molecule has 0 bridgehead atoms. The lowest BCUT2D eigenvalue weighted by atomic mass is 9.74. The van der Waals surface area contributed by atoms with Gasteiger partial charge in [0, 0.05) is 35.5 Å². The molecule has 3 N–H and O–H groups in total. The number of hydrogen-bond donors (Lipinski definition) is 3. The fourth-order valence-corrected chi connectivity index (χ4v) is 5.14. The SMILES string of the molecule is COc1ccc2nccc(-c3[nH]c4c(c3Nc3cccc(Cl)c3OC)C(=O)N[C@@H]3CC[C@H]43)c2n1. The summed E-state index contributed by atoms with van der Waals surface area (Å²) < 4.78 is 10.9. The number of anilines is 2. The second-order valence-electron chi connectivity index (χ2n) is 8.45. The molecule has 0 spiro atoms. The maximum Gasteiger partial charge on any atom is 0.255 e. The van der Waals surface area contributed by atoms with Crippen LogP contribution in [0.15, 0.2) is 42.6 Å². The van der Waals surface area contributed by atoms with Crippen LogP contribution in [0.25, 0.3) is 22.3 Å². The van der Waals surface area contributed by atoms with Gasteiger partial charge in [-0.2, -0.15) is 0 Å². The number of fused-ring (bicyclic) bond motifs is 4. The summed E-state index contributed by atoms with van der Waals surface area (Å²) in [4.78, 5) is 25.9. The first-order valence-corrected chi connectivity index (χ1v) is 11.4. The molecule has 9 heteroatoms. The molecule has 172 valence electrons. The zero-order valence-electron chi connectivity index (χ0n) is 18.6. The molecule has 0 unspecified atom stereocenters. The minimum absolute atomic E-state index is 0.106. The van der Waals surface area contributed by atoms with Gasteiger partial charge < -0.3 is 25.1 Å². The highest BCUT2D eigenvalue weighted by Gasteiger charge is 2.43. The van der Waals surface area contributed by atoms with Crippen molar-refractivity contribution in [3.8, 4) is 22.9 Å². The smallest absolute Gasteiger partial charge is 0.255 e. The van der Waals surface area contributed by atoms with Crippen LogP contribution in [0.3, 0.4) is 0 Å². The minimum atomic E-state index is -0.106. The Morgan fingerprint density at radius 3 is 2.76 bits per heavy atom. The number of ether oxygens (including phenoxy) is 2. The number of hydrogen-bond acceptors (Lipinski definition) is 6. The Balaban J connectivity index is 1.60. The Hall–Kier alpha value is -3.78. The number of nitrogens with zero attached hydrogens (tertiary/aromatic N) is 2. The molecular formula is C25H22ClN5O3. The van der Waals surface area contributed by atoms with Crippen molar-refractivity contribution in [3.63, 3.8) is 0 Å². The second kappa shape index (κ2) is 7.92. The lowest BCUT2D eigenvalue weighted by Crippen LogP contribution is -2.49. The van der Waals surface area contributed by atoms with E-state index in [9.17, 15) is 4.79 Å². The van der Waals surface area contributed by atoms with Crippen LogP contribution in [-0.2, 0) is 0 Å². The predicted octanol–water partition coefficient (Wildman–Crippen LogP) is 5.03. The minimum Gasteiger partial charge on any atom is -0.493 e. The fraction of sp³-hybridized carbons (Fsp3) is 0.240. The third-order valence-electron chi connectivity index (χ3n) is 6.69. The van der Waals surface area contributed by atoms with Gasteiger partial charge in [0.25, 0.3) is 5.91 Å². The van der Waals surface area contributed by atoms with Crippen LogP contribution >= 0.6 is 11.6 Å². The van der Waals surface area contributed by atoms with Gasteiger partial charge >= 0.3 is 0 Å². The second-order valence-corrected chi connectivity index (χ2v) is 8.86. The molecule has 3 aromatic heterocycles. The Morgan fingerprint density at radius 2 is 2.00 bits per heavy atom. The van der Waals surface area contributed by atoms with E-state index in [0.29, 0.717) is 39.1 Å². The van der Waals surface area contributed by atoms with Crippen molar-refractivity contribution < 1.29 is 14.3 Å². The highest BCUT2D eigenvalue weighted by molar-refractivity contribution is 6.32. The van der Waals surface area contributed by atoms with E-state index in [1.165, 1.54) is 0 Å². The van der Waals surface area contributed by atoms with Crippen molar-refractivity contribution in [3.05, 3.63) is 58.9 Å². The van der Waals surface area contributed by atoms with Gasteiger partial charge in [0.05, 0.1) is 47.4 Å². The molecule has 34 heavy (non-hydrogen) atoms. The van der Waals surface area contributed by atoms with E-state index in [-0.39, 0.29) is 17.9 Å². The number of aromatic nitrogens is 3. The first-order valence-electron chi connectivity index (χ1n) is 11.1. The molecule has 0 radical (unpaired) electrons. The summed E-state index contributed by atoms with van der Waals surface area (Å²) in [6, 6.07) is 11.2. The van der Waals surface area contributed by atoms with E-state index >= 15 is 0 Å².